The number of benzene rings is 2. The van der Waals surface area contributed by atoms with Crippen LogP contribution in [-0.2, 0) is 11.3 Å². The minimum absolute atomic E-state index is 0.118. The smallest absolute Gasteiger partial charge is 0.214 e. The third kappa shape index (κ3) is 5.95. The van der Waals surface area contributed by atoms with Crippen LogP contribution in [0.15, 0.2) is 53.2 Å². The van der Waals surface area contributed by atoms with Gasteiger partial charge in [0, 0.05) is 41.0 Å². The van der Waals surface area contributed by atoms with Crippen molar-refractivity contribution in [2.24, 2.45) is 0 Å². The highest BCUT2D eigenvalue weighted by Gasteiger charge is 2.14. The van der Waals surface area contributed by atoms with Crippen molar-refractivity contribution in [3.63, 3.8) is 0 Å². The number of nitrogens with zero attached hydrogens (tertiary/aromatic N) is 3. The van der Waals surface area contributed by atoms with Gasteiger partial charge < -0.3 is 25.6 Å². The molecule has 4 N–H and O–H groups in total. The number of aromatic nitrogens is 2. The number of carbonyl (C=O) groups is 1. The minimum Gasteiger partial charge on any atom is -0.497 e. The summed E-state index contributed by atoms with van der Waals surface area (Å²) in [5.74, 6) is 1.62. The average molecular weight is 469 g/mol. The second-order valence-corrected chi connectivity index (χ2v) is 8.62. The summed E-state index contributed by atoms with van der Waals surface area (Å²) >= 11 is 0.499. The molecule has 33 heavy (non-hydrogen) atoms. The molecule has 3 rings (SSSR count). The van der Waals surface area contributed by atoms with Crippen LogP contribution in [0.1, 0.15) is 30.3 Å². The lowest BCUT2D eigenvalue weighted by molar-refractivity contribution is -0.116. The summed E-state index contributed by atoms with van der Waals surface area (Å²) in [6, 6.07) is 11.4. The topological polar surface area (TPSA) is 122 Å². The number of ether oxygens (including phenoxy) is 1. The van der Waals surface area contributed by atoms with Crippen LogP contribution in [0.25, 0.3) is 10.8 Å². The van der Waals surface area contributed by atoms with E-state index in [0.29, 0.717) is 57.6 Å². The first kappa shape index (κ1) is 24.4. The Morgan fingerprint density at radius 3 is 2.64 bits per heavy atom. The number of methoxy groups -OCH3 is 1. The number of amides is 1. The number of nitrogens with two attached hydrogens (primary N) is 1. The Bertz CT molecular complexity index is 1230. The highest BCUT2D eigenvalue weighted by atomic mass is 32.1. The number of aryl methyl sites for hydroxylation is 1. The summed E-state index contributed by atoms with van der Waals surface area (Å²) < 4.78 is 5.26. The molecule has 1 heterocycles. The number of hydrogen-bond donors (Lipinski definition) is 4. The van der Waals surface area contributed by atoms with E-state index in [9.17, 15) is 15.0 Å². The molecule has 9 heteroatoms. The van der Waals surface area contributed by atoms with Gasteiger partial charge in [-0.05, 0) is 42.8 Å². The molecule has 0 aliphatic heterocycles. The molecular weight excluding hydrogens is 440 g/mol. The number of allylic oxidation sites excluding steroid dienone is 1. The standard InChI is InChI=1S/C24H28N4O4S/c1-15(28(14-30)13-20-12-26-16(2)27-23(20)25)22(8-9-29)33-24(31)19-5-4-18-11-21(32-3)7-6-17(18)10-19/h4-7,10-12,14,29,31,33H,8-9,13H2,1-3H3,(H2,25,26,27)/b22-15-. The van der Waals surface area contributed by atoms with Gasteiger partial charge in [-0.25, -0.2) is 9.97 Å². The van der Waals surface area contributed by atoms with Gasteiger partial charge in [0.2, 0.25) is 6.41 Å². The third-order valence-electron chi connectivity index (χ3n) is 5.23. The van der Waals surface area contributed by atoms with Gasteiger partial charge in [-0.3, -0.25) is 4.79 Å². The third-order valence-corrected chi connectivity index (χ3v) is 6.52. The van der Waals surface area contributed by atoms with E-state index in [1.807, 2.05) is 36.4 Å². The Balaban J connectivity index is 1.94. The van der Waals surface area contributed by atoms with Crippen molar-refractivity contribution in [2.45, 2.75) is 26.8 Å². The highest BCUT2D eigenvalue weighted by molar-refractivity contribution is 8.02. The van der Waals surface area contributed by atoms with Crippen LogP contribution in [0, 0.1) is 6.92 Å². The maximum Gasteiger partial charge on any atom is 0.214 e. The van der Waals surface area contributed by atoms with E-state index in [4.69, 9.17) is 10.5 Å². The lowest BCUT2D eigenvalue weighted by atomic mass is 10.1. The van der Waals surface area contributed by atoms with Crippen LogP contribution >= 0.6 is 11.4 Å². The molecule has 0 saturated carbocycles. The molecule has 0 fully saturated rings. The van der Waals surface area contributed by atoms with Gasteiger partial charge in [0.05, 0.1) is 13.7 Å². The van der Waals surface area contributed by atoms with Crippen LogP contribution in [0.2, 0.25) is 0 Å². The van der Waals surface area contributed by atoms with Gasteiger partial charge in [-0.2, -0.15) is 0 Å². The van der Waals surface area contributed by atoms with Crippen molar-refractivity contribution in [3.8, 4) is 5.75 Å². The van der Waals surface area contributed by atoms with Crippen molar-refractivity contribution in [3.05, 3.63) is 70.1 Å². The molecule has 0 spiro atoms. The van der Waals surface area contributed by atoms with Crippen molar-refractivity contribution in [2.75, 3.05) is 19.5 Å². The molecular formula is C24H28N4O4S. The number of nitrogen functional groups attached to an aromatic ring is 1. The Morgan fingerprint density at radius 1 is 1.24 bits per heavy atom. The predicted molar refractivity (Wildman–Crippen MR) is 133 cm³/mol. The molecule has 8 nitrogen and oxygen atoms in total. The first-order valence-corrected chi connectivity index (χ1v) is 11.2. The van der Waals surface area contributed by atoms with Crippen molar-refractivity contribution < 1.29 is 19.7 Å². The van der Waals surface area contributed by atoms with E-state index < -0.39 is 0 Å². The predicted octanol–water partition coefficient (Wildman–Crippen LogP) is 3.30. The average Bonchev–Trinajstić information content (AvgIpc) is 2.82. The van der Waals surface area contributed by atoms with Crippen molar-refractivity contribution in [1.82, 2.24) is 14.9 Å². The van der Waals surface area contributed by atoms with E-state index >= 15 is 0 Å². The molecule has 0 saturated heterocycles. The largest absolute Gasteiger partial charge is 0.497 e. The normalized spacial score (nSPS) is 12.7. The molecule has 0 atom stereocenters. The van der Waals surface area contributed by atoms with Crippen molar-refractivity contribution >= 4 is 39.4 Å². The van der Waals surface area contributed by atoms with E-state index in [1.54, 1.807) is 27.2 Å². The van der Waals surface area contributed by atoms with Crippen molar-refractivity contribution in [1.29, 1.82) is 0 Å². The molecule has 0 bridgehead atoms. The first-order chi connectivity index (χ1) is 15.9. The first-order valence-electron chi connectivity index (χ1n) is 10.3. The Hall–Kier alpha value is -3.27. The SMILES string of the molecule is COc1ccc2cc(/C(O)=[SH]/C(CCO)=C(/C)N(C=O)Cc3cnc(C)nc3N)ccc2c1. The summed E-state index contributed by atoms with van der Waals surface area (Å²) in [4.78, 5) is 22.3. The van der Waals surface area contributed by atoms with E-state index in [0.717, 1.165) is 16.5 Å². The van der Waals surface area contributed by atoms with E-state index in [-0.39, 0.29) is 18.2 Å². The highest BCUT2D eigenvalue weighted by Crippen LogP contribution is 2.26. The number of aliphatic hydroxyl groups is 2. The maximum absolute atomic E-state index is 11.9. The second-order valence-electron chi connectivity index (χ2n) is 7.43. The van der Waals surface area contributed by atoms with Crippen LogP contribution in [-0.4, -0.2) is 50.3 Å². The van der Waals surface area contributed by atoms with Gasteiger partial charge >= 0.3 is 0 Å². The van der Waals surface area contributed by atoms with Crippen LogP contribution in [0.4, 0.5) is 5.82 Å². The molecule has 0 unspecified atom stereocenters. The summed E-state index contributed by atoms with van der Waals surface area (Å²) in [6.07, 6.45) is 2.59. The van der Waals surface area contributed by atoms with E-state index in [1.165, 1.54) is 4.90 Å². The van der Waals surface area contributed by atoms with Crippen LogP contribution in [0.3, 0.4) is 0 Å². The zero-order chi connectivity index (χ0) is 24.0. The van der Waals surface area contributed by atoms with Crippen LogP contribution < -0.4 is 10.5 Å². The summed E-state index contributed by atoms with van der Waals surface area (Å²) in [6.45, 7) is 3.58. The number of rotatable bonds is 9. The van der Waals surface area contributed by atoms with Crippen LogP contribution in [0.5, 0.6) is 5.75 Å². The Kier molecular flexibility index (Phi) is 8.16. The monoisotopic (exact) mass is 468 g/mol. The Morgan fingerprint density at radius 2 is 1.97 bits per heavy atom. The quantitative estimate of drug-likeness (QED) is 0.216. The lowest BCUT2D eigenvalue weighted by Gasteiger charge is -2.21. The molecule has 0 aliphatic carbocycles. The molecule has 2 aromatic carbocycles. The minimum atomic E-state index is -0.118. The molecule has 3 aromatic rings. The van der Waals surface area contributed by atoms with Gasteiger partial charge in [0.1, 0.15) is 22.4 Å². The number of carbonyl (C=O) groups excluding carboxylic acids is 1. The number of anilines is 1. The summed E-state index contributed by atoms with van der Waals surface area (Å²) in [5, 5.41) is 22.5. The molecule has 0 radical (unpaired) electrons. The fraction of sp³-hybridized carbons (Fsp3) is 0.250. The van der Waals surface area contributed by atoms with Gasteiger partial charge in [-0.15, -0.1) is 11.4 Å². The number of hydrogen-bond acceptors (Lipinski definition) is 6. The summed E-state index contributed by atoms with van der Waals surface area (Å²) in [5.41, 5.74) is 7.87. The second kappa shape index (κ2) is 11.0. The zero-order valence-electron chi connectivity index (χ0n) is 18.8. The summed E-state index contributed by atoms with van der Waals surface area (Å²) in [7, 11) is 1.62. The fourth-order valence-electron chi connectivity index (χ4n) is 3.32. The number of thiol groups is 1. The zero-order valence-corrected chi connectivity index (χ0v) is 19.7. The van der Waals surface area contributed by atoms with Gasteiger partial charge in [0.25, 0.3) is 0 Å². The molecule has 174 valence electrons. The molecule has 1 amide bonds. The molecule has 1 aromatic heterocycles. The number of aliphatic hydroxyl groups excluding tert-OH is 2. The fourth-order valence-corrected chi connectivity index (χ4v) is 4.35. The molecule has 0 aliphatic rings. The van der Waals surface area contributed by atoms with Gasteiger partial charge in [-0.1, -0.05) is 18.2 Å². The number of fused-ring (bicyclic) bond motifs is 1. The Labute approximate surface area is 196 Å². The maximum atomic E-state index is 11.9. The lowest BCUT2D eigenvalue weighted by Crippen LogP contribution is -2.22. The van der Waals surface area contributed by atoms with E-state index in [2.05, 4.69) is 9.97 Å². The van der Waals surface area contributed by atoms with Gasteiger partial charge in [0.15, 0.2) is 0 Å².